The second-order valence-electron chi connectivity index (χ2n) is 9.14. The van der Waals surface area contributed by atoms with Crippen LogP contribution in [0.15, 0.2) is 30.3 Å². The highest BCUT2D eigenvalue weighted by atomic mass is 16.5. The number of nitrogens with zero attached hydrogens (tertiary/aromatic N) is 1. The monoisotopic (exact) mass is 464 g/mol. The van der Waals surface area contributed by atoms with Crippen LogP contribution >= 0.6 is 0 Å². The molecule has 34 heavy (non-hydrogen) atoms. The van der Waals surface area contributed by atoms with Crippen LogP contribution in [-0.2, 0) is 11.3 Å². The Morgan fingerprint density at radius 1 is 1.06 bits per heavy atom. The number of aryl methyl sites for hydroxylation is 2. The molecule has 0 atom stereocenters. The number of hydrogen-bond donors (Lipinski definition) is 3. The van der Waals surface area contributed by atoms with Crippen molar-refractivity contribution >= 4 is 29.2 Å². The second kappa shape index (κ2) is 9.75. The van der Waals surface area contributed by atoms with Gasteiger partial charge in [-0.15, -0.1) is 0 Å². The van der Waals surface area contributed by atoms with Gasteiger partial charge in [-0.25, -0.2) is 4.79 Å². The molecule has 0 unspecified atom stereocenters. The van der Waals surface area contributed by atoms with Crippen molar-refractivity contribution in [3.8, 4) is 5.75 Å². The quantitative estimate of drug-likeness (QED) is 0.617. The number of carbonyl (C=O) groups excluding carboxylic acids is 3. The van der Waals surface area contributed by atoms with Crippen molar-refractivity contribution in [2.45, 2.75) is 52.1 Å². The first-order valence-corrected chi connectivity index (χ1v) is 11.7. The summed E-state index contributed by atoms with van der Waals surface area (Å²) in [4.78, 5) is 39.6. The molecule has 1 fully saturated rings. The van der Waals surface area contributed by atoms with Crippen LogP contribution < -0.4 is 20.7 Å². The molecule has 0 spiro atoms. The fourth-order valence-corrected chi connectivity index (χ4v) is 4.93. The lowest BCUT2D eigenvalue weighted by Crippen LogP contribution is -2.47. The van der Waals surface area contributed by atoms with Crippen molar-refractivity contribution in [2.75, 3.05) is 24.8 Å². The highest BCUT2D eigenvalue weighted by Gasteiger charge is 2.34. The van der Waals surface area contributed by atoms with Crippen molar-refractivity contribution < 1.29 is 19.1 Å². The number of benzene rings is 2. The SMILES string of the molecule is CNC(=O)c1cc(C)c2c(c1)NC(=O)N(C1CCC(C(=O)Nc3ccc(C)c(OC)c3)CC1)C2. The number of ether oxygens (including phenoxy) is 1. The first kappa shape index (κ1) is 23.6. The normalized spacial score (nSPS) is 19.6. The highest BCUT2D eigenvalue weighted by Crippen LogP contribution is 2.34. The van der Waals surface area contributed by atoms with Gasteiger partial charge in [0.2, 0.25) is 5.91 Å². The molecule has 0 bridgehead atoms. The molecule has 1 saturated carbocycles. The maximum Gasteiger partial charge on any atom is 0.322 e. The highest BCUT2D eigenvalue weighted by molar-refractivity contribution is 5.99. The second-order valence-corrected chi connectivity index (χ2v) is 9.14. The molecular formula is C26H32N4O4. The molecule has 180 valence electrons. The maximum atomic E-state index is 12.9. The third-order valence-electron chi connectivity index (χ3n) is 6.98. The minimum atomic E-state index is -0.178. The molecule has 3 N–H and O–H groups in total. The molecule has 0 saturated heterocycles. The van der Waals surface area contributed by atoms with E-state index in [0.29, 0.717) is 17.8 Å². The summed E-state index contributed by atoms with van der Waals surface area (Å²) >= 11 is 0. The van der Waals surface area contributed by atoms with Gasteiger partial charge in [0.1, 0.15) is 5.75 Å². The Hall–Kier alpha value is -3.55. The van der Waals surface area contributed by atoms with E-state index in [2.05, 4.69) is 16.0 Å². The Morgan fingerprint density at radius 3 is 2.47 bits per heavy atom. The Balaban J connectivity index is 1.38. The Bertz CT molecular complexity index is 1120. The number of hydrogen-bond acceptors (Lipinski definition) is 4. The lowest BCUT2D eigenvalue weighted by Gasteiger charge is -2.39. The minimum absolute atomic E-state index is 0.00960. The van der Waals surface area contributed by atoms with Gasteiger partial charge >= 0.3 is 6.03 Å². The van der Waals surface area contributed by atoms with Crippen molar-refractivity contribution in [3.63, 3.8) is 0 Å². The number of methoxy groups -OCH3 is 1. The summed E-state index contributed by atoms with van der Waals surface area (Å²) in [7, 11) is 3.21. The summed E-state index contributed by atoms with van der Waals surface area (Å²) in [5.74, 6) is 0.495. The van der Waals surface area contributed by atoms with E-state index in [0.717, 1.165) is 53.8 Å². The summed E-state index contributed by atoms with van der Waals surface area (Å²) in [6, 6.07) is 9.17. The summed E-state index contributed by atoms with van der Waals surface area (Å²) in [5.41, 5.74) is 4.98. The average molecular weight is 465 g/mol. The van der Waals surface area contributed by atoms with E-state index in [4.69, 9.17) is 4.74 Å². The molecule has 2 aromatic carbocycles. The van der Waals surface area contributed by atoms with Gasteiger partial charge in [-0.05, 0) is 74.4 Å². The van der Waals surface area contributed by atoms with E-state index < -0.39 is 0 Å². The van der Waals surface area contributed by atoms with Crippen LogP contribution in [0.4, 0.5) is 16.2 Å². The van der Waals surface area contributed by atoms with Crippen LogP contribution in [0, 0.1) is 19.8 Å². The van der Waals surface area contributed by atoms with Gasteiger partial charge in [0.15, 0.2) is 0 Å². The van der Waals surface area contributed by atoms with E-state index in [1.807, 2.05) is 43.0 Å². The third-order valence-corrected chi connectivity index (χ3v) is 6.98. The first-order valence-electron chi connectivity index (χ1n) is 11.7. The van der Waals surface area contributed by atoms with Crippen LogP contribution in [0.5, 0.6) is 5.75 Å². The van der Waals surface area contributed by atoms with Crippen LogP contribution in [0.3, 0.4) is 0 Å². The predicted molar refractivity (Wildman–Crippen MR) is 131 cm³/mol. The van der Waals surface area contributed by atoms with Gasteiger partial charge in [-0.2, -0.15) is 0 Å². The number of anilines is 2. The average Bonchev–Trinajstić information content (AvgIpc) is 2.84. The first-order chi connectivity index (χ1) is 16.3. The summed E-state index contributed by atoms with van der Waals surface area (Å²) < 4.78 is 5.35. The van der Waals surface area contributed by atoms with E-state index >= 15 is 0 Å². The molecule has 1 aliphatic heterocycles. The van der Waals surface area contributed by atoms with Crippen molar-refractivity contribution in [1.29, 1.82) is 0 Å². The molecule has 4 rings (SSSR count). The number of rotatable bonds is 5. The summed E-state index contributed by atoms with van der Waals surface area (Å²) in [6.45, 7) is 4.43. The summed E-state index contributed by atoms with van der Waals surface area (Å²) in [6.07, 6.45) is 3.00. The Labute approximate surface area is 200 Å². The number of nitrogens with one attached hydrogen (secondary N) is 3. The number of fused-ring (bicyclic) bond motifs is 1. The van der Waals surface area contributed by atoms with Gasteiger partial charge in [0, 0.05) is 42.0 Å². The molecule has 1 heterocycles. The molecule has 4 amide bonds. The summed E-state index contributed by atoms with van der Waals surface area (Å²) in [5, 5.41) is 8.60. The van der Waals surface area contributed by atoms with Gasteiger partial charge in [-0.1, -0.05) is 6.07 Å². The van der Waals surface area contributed by atoms with Crippen LogP contribution in [0.2, 0.25) is 0 Å². The zero-order chi connectivity index (χ0) is 24.4. The fraction of sp³-hybridized carbons (Fsp3) is 0.423. The van der Waals surface area contributed by atoms with Crippen LogP contribution in [0.25, 0.3) is 0 Å². The van der Waals surface area contributed by atoms with Crippen molar-refractivity contribution in [3.05, 3.63) is 52.6 Å². The lowest BCUT2D eigenvalue weighted by molar-refractivity contribution is -0.121. The van der Waals surface area contributed by atoms with Gasteiger partial charge in [0.25, 0.3) is 5.91 Å². The van der Waals surface area contributed by atoms with E-state index in [1.54, 1.807) is 20.2 Å². The topological polar surface area (TPSA) is 99.8 Å². The smallest absolute Gasteiger partial charge is 0.322 e. The molecular weight excluding hydrogens is 432 g/mol. The lowest BCUT2D eigenvalue weighted by atomic mass is 9.84. The van der Waals surface area contributed by atoms with Gasteiger partial charge in [0.05, 0.1) is 13.7 Å². The van der Waals surface area contributed by atoms with Gasteiger partial charge in [-0.3, -0.25) is 9.59 Å². The van der Waals surface area contributed by atoms with Crippen molar-refractivity contribution in [1.82, 2.24) is 10.2 Å². The predicted octanol–water partition coefficient (Wildman–Crippen LogP) is 4.22. The minimum Gasteiger partial charge on any atom is -0.496 e. The van der Waals surface area contributed by atoms with Crippen LogP contribution in [0.1, 0.15) is 52.7 Å². The molecule has 2 aromatic rings. The van der Waals surface area contributed by atoms with E-state index in [9.17, 15) is 14.4 Å². The zero-order valence-electron chi connectivity index (χ0n) is 20.2. The standard InChI is InChI=1S/C26H32N4O4/c1-15-5-8-19(13-23(15)34-4)28-25(32)17-6-9-20(10-7-17)30-14-21-16(2)11-18(24(31)27-3)12-22(21)29-26(30)33/h5,8,11-13,17,20H,6-7,9-10,14H2,1-4H3,(H,27,31)(H,28,32)(H,29,33). The molecule has 0 radical (unpaired) electrons. The van der Waals surface area contributed by atoms with Crippen molar-refractivity contribution in [2.24, 2.45) is 5.92 Å². The molecule has 8 nitrogen and oxygen atoms in total. The number of amides is 4. The molecule has 1 aliphatic carbocycles. The van der Waals surface area contributed by atoms with Crippen LogP contribution in [-0.4, -0.2) is 42.9 Å². The van der Waals surface area contributed by atoms with E-state index in [1.165, 1.54) is 0 Å². The Morgan fingerprint density at radius 2 is 1.79 bits per heavy atom. The zero-order valence-corrected chi connectivity index (χ0v) is 20.2. The Kier molecular flexibility index (Phi) is 6.77. The molecule has 0 aromatic heterocycles. The largest absolute Gasteiger partial charge is 0.496 e. The maximum absolute atomic E-state index is 12.9. The fourth-order valence-electron chi connectivity index (χ4n) is 4.93. The van der Waals surface area contributed by atoms with Gasteiger partial charge < -0.3 is 25.6 Å². The molecule has 2 aliphatic rings. The number of carbonyl (C=O) groups is 3. The third kappa shape index (κ3) is 4.71. The molecule has 8 heteroatoms. The number of urea groups is 1. The van der Waals surface area contributed by atoms with E-state index in [-0.39, 0.29) is 29.8 Å².